The predicted octanol–water partition coefficient (Wildman–Crippen LogP) is 11.0. The zero-order chi connectivity index (χ0) is 32.2. The Balaban J connectivity index is 1.20. The SMILES string of the molecule is N#Cc1ccc(-c2ccc(-n3c4ccccc4c4ccccc43)cc2)cc1-c1ccccc1-n1c2ccccc2c2cccc(C#N)c21. The molecule has 0 unspecified atom stereocenters. The van der Waals surface area contributed by atoms with Crippen molar-refractivity contribution in [2.45, 2.75) is 0 Å². The van der Waals surface area contributed by atoms with E-state index in [1.165, 1.54) is 21.8 Å². The van der Waals surface area contributed by atoms with Gasteiger partial charge in [0.05, 0.1) is 45.0 Å². The van der Waals surface area contributed by atoms with Crippen LogP contribution in [0.25, 0.3) is 77.2 Å². The molecular formula is C44H26N4. The second-order valence-electron chi connectivity index (χ2n) is 12.0. The Bertz CT molecular complexity index is 2750. The van der Waals surface area contributed by atoms with Crippen molar-refractivity contribution < 1.29 is 0 Å². The molecule has 0 aliphatic rings. The third kappa shape index (κ3) is 4.07. The normalized spacial score (nSPS) is 11.3. The molecule has 9 rings (SSSR count). The Morgan fingerprint density at radius 3 is 1.60 bits per heavy atom. The predicted molar refractivity (Wildman–Crippen MR) is 195 cm³/mol. The van der Waals surface area contributed by atoms with Crippen molar-refractivity contribution in [3.63, 3.8) is 0 Å². The molecule has 0 fully saturated rings. The molecule has 0 saturated carbocycles. The van der Waals surface area contributed by atoms with Gasteiger partial charge in [-0.1, -0.05) is 103 Å². The highest BCUT2D eigenvalue weighted by atomic mass is 15.0. The lowest BCUT2D eigenvalue weighted by Gasteiger charge is -2.16. The van der Waals surface area contributed by atoms with Crippen LogP contribution in [0.1, 0.15) is 11.1 Å². The molecule has 4 nitrogen and oxygen atoms in total. The second-order valence-corrected chi connectivity index (χ2v) is 12.0. The van der Waals surface area contributed by atoms with Crippen LogP contribution in [0.5, 0.6) is 0 Å². The minimum absolute atomic E-state index is 0.592. The Kier molecular flexibility index (Phi) is 6.22. The van der Waals surface area contributed by atoms with E-state index in [-0.39, 0.29) is 0 Å². The van der Waals surface area contributed by atoms with Crippen LogP contribution in [0.15, 0.2) is 158 Å². The molecule has 0 aliphatic heterocycles. The van der Waals surface area contributed by atoms with Gasteiger partial charge in [0, 0.05) is 38.4 Å². The van der Waals surface area contributed by atoms with Gasteiger partial charge in [0.1, 0.15) is 6.07 Å². The van der Waals surface area contributed by atoms with E-state index in [0.717, 1.165) is 55.4 Å². The topological polar surface area (TPSA) is 57.4 Å². The van der Waals surface area contributed by atoms with Gasteiger partial charge < -0.3 is 9.13 Å². The van der Waals surface area contributed by atoms with E-state index < -0.39 is 0 Å². The van der Waals surface area contributed by atoms with Crippen LogP contribution in [0.4, 0.5) is 0 Å². The van der Waals surface area contributed by atoms with E-state index in [4.69, 9.17) is 0 Å². The molecule has 48 heavy (non-hydrogen) atoms. The van der Waals surface area contributed by atoms with Crippen molar-refractivity contribution in [2.24, 2.45) is 0 Å². The first-order valence-corrected chi connectivity index (χ1v) is 15.9. The molecule has 0 saturated heterocycles. The lowest BCUT2D eigenvalue weighted by atomic mass is 9.93. The zero-order valence-corrected chi connectivity index (χ0v) is 25.8. The summed E-state index contributed by atoms with van der Waals surface area (Å²) in [5.74, 6) is 0. The molecule has 7 aromatic carbocycles. The van der Waals surface area contributed by atoms with Gasteiger partial charge >= 0.3 is 0 Å². The standard InChI is InChI=1S/C44H26N4/c45-27-31-21-20-30(29-22-24-33(25-23-29)47-40-16-5-1-11-34(40)35-12-2-6-17-41(35)47)26-39(31)37-14-4-8-19-43(37)48-42-18-7-3-13-36(42)38-15-9-10-32(28-46)44(38)48/h1-26H. The third-order valence-corrected chi connectivity index (χ3v) is 9.43. The lowest BCUT2D eigenvalue weighted by molar-refractivity contribution is 1.18. The maximum absolute atomic E-state index is 10.3. The van der Waals surface area contributed by atoms with Gasteiger partial charge in [0.15, 0.2) is 0 Å². The van der Waals surface area contributed by atoms with E-state index >= 15 is 0 Å². The average molecular weight is 611 g/mol. The number of nitriles is 2. The molecule has 0 N–H and O–H groups in total. The lowest BCUT2D eigenvalue weighted by Crippen LogP contribution is -1.99. The van der Waals surface area contributed by atoms with Crippen molar-refractivity contribution >= 4 is 43.6 Å². The van der Waals surface area contributed by atoms with E-state index in [9.17, 15) is 10.5 Å². The number of rotatable bonds is 4. The van der Waals surface area contributed by atoms with Gasteiger partial charge in [-0.05, 0) is 65.7 Å². The Morgan fingerprint density at radius 2 is 0.938 bits per heavy atom. The van der Waals surface area contributed by atoms with Crippen LogP contribution in [0, 0.1) is 22.7 Å². The smallest absolute Gasteiger partial charge is 0.101 e. The number of nitrogens with zero attached hydrogens (tertiary/aromatic N) is 4. The first-order chi connectivity index (χ1) is 23.7. The van der Waals surface area contributed by atoms with Crippen LogP contribution >= 0.6 is 0 Å². The monoisotopic (exact) mass is 610 g/mol. The van der Waals surface area contributed by atoms with Crippen molar-refractivity contribution in [2.75, 3.05) is 0 Å². The maximum Gasteiger partial charge on any atom is 0.101 e. The Hall–Kier alpha value is -6.88. The summed E-state index contributed by atoms with van der Waals surface area (Å²) in [6.07, 6.45) is 0. The molecule has 0 radical (unpaired) electrons. The van der Waals surface area contributed by atoms with Crippen LogP contribution in [0.2, 0.25) is 0 Å². The highest BCUT2D eigenvalue weighted by Gasteiger charge is 2.19. The minimum Gasteiger partial charge on any atom is -0.309 e. The van der Waals surface area contributed by atoms with Gasteiger partial charge in [-0.25, -0.2) is 0 Å². The van der Waals surface area contributed by atoms with Gasteiger partial charge in [0.25, 0.3) is 0 Å². The molecule has 0 atom stereocenters. The van der Waals surface area contributed by atoms with Gasteiger partial charge in [0.2, 0.25) is 0 Å². The first kappa shape index (κ1) is 27.4. The highest BCUT2D eigenvalue weighted by molar-refractivity contribution is 6.12. The molecular weight excluding hydrogens is 585 g/mol. The average Bonchev–Trinajstić information content (AvgIpc) is 3.68. The maximum atomic E-state index is 10.3. The van der Waals surface area contributed by atoms with E-state index in [1.807, 2.05) is 48.5 Å². The molecule has 2 aromatic heterocycles. The Morgan fingerprint density at radius 1 is 0.396 bits per heavy atom. The number of benzene rings is 7. The summed E-state index contributed by atoms with van der Waals surface area (Å²) in [6, 6.07) is 58.9. The summed E-state index contributed by atoms with van der Waals surface area (Å²) in [4.78, 5) is 0. The summed E-state index contributed by atoms with van der Waals surface area (Å²) in [6.45, 7) is 0. The van der Waals surface area contributed by atoms with Crippen molar-refractivity contribution in [1.82, 2.24) is 9.13 Å². The fourth-order valence-electron chi connectivity index (χ4n) is 7.30. The third-order valence-electron chi connectivity index (χ3n) is 9.43. The molecule has 9 aromatic rings. The van der Waals surface area contributed by atoms with Crippen molar-refractivity contribution in [3.05, 3.63) is 169 Å². The number of para-hydroxylation sites is 5. The fraction of sp³-hybridized carbons (Fsp3) is 0. The number of fused-ring (bicyclic) bond motifs is 6. The summed E-state index contributed by atoms with van der Waals surface area (Å²) >= 11 is 0. The van der Waals surface area contributed by atoms with Gasteiger partial charge in [-0.15, -0.1) is 0 Å². The van der Waals surface area contributed by atoms with Crippen LogP contribution in [-0.2, 0) is 0 Å². The summed E-state index contributed by atoms with van der Waals surface area (Å²) in [7, 11) is 0. The molecule has 0 aliphatic carbocycles. The highest BCUT2D eigenvalue weighted by Crippen LogP contribution is 2.39. The van der Waals surface area contributed by atoms with Crippen LogP contribution in [0.3, 0.4) is 0 Å². The second kappa shape index (κ2) is 10.9. The van der Waals surface area contributed by atoms with Crippen LogP contribution in [-0.4, -0.2) is 9.13 Å². The largest absolute Gasteiger partial charge is 0.309 e. The van der Waals surface area contributed by atoms with Gasteiger partial charge in [-0.2, -0.15) is 10.5 Å². The van der Waals surface area contributed by atoms with Gasteiger partial charge in [-0.3, -0.25) is 0 Å². The van der Waals surface area contributed by atoms with Crippen LogP contribution < -0.4 is 0 Å². The fourth-order valence-corrected chi connectivity index (χ4v) is 7.30. The number of hydrogen-bond donors (Lipinski definition) is 0. The Labute approximate surface area is 277 Å². The van der Waals surface area contributed by atoms with E-state index in [1.54, 1.807) is 0 Å². The van der Waals surface area contributed by atoms with Crippen molar-refractivity contribution in [3.8, 4) is 45.8 Å². The molecule has 2 heterocycles. The number of aromatic nitrogens is 2. The van der Waals surface area contributed by atoms with Crippen molar-refractivity contribution in [1.29, 1.82) is 10.5 Å². The molecule has 0 bridgehead atoms. The summed E-state index contributed by atoms with van der Waals surface area (Å²) in [5.41, 5.74) is 11.3. The van der Waals surface area contributed by atoms with E-state index in [0.29, 0.717) is 11.1 Å². The van der Waals surface area contributed by atoms with E-state index in [2.05, 4.69) is 130 Å². The first-order valence-electron chi connectivity index (χ1n) is 15.9. The summed E-state index contributed by atoms with van der Waals surface area (Å²) < 4.78 is 4.49. The molecule has 4 heteroatoms. The molecule has 222 valence electrons. The quantitative estimate of drug-likeness (QED) is 0.199. The summed E-state index contributed by atoms with van der Waals surface area (Å²) in [5, 5.41) is 25.0. The minimum atomic E-state index is 0.592. The molecule has 0 amide bonds. The molecule has 0 spiro atoms. The zero-order valence-electron chi connectivity index (χ0n) is 25.8. The number of hydrogen-bond acceptors (Lipinski definition) is 2.